The number of carbonyl (C=O) groups excluding carboxylic acids is 2. The Morgan fingerprint density at radius 2 is 1.91 bits per heavy atom. The molecule has 1 saturated heterocycles. The van der Waals surface area contributed by atoms with Gasteiger partial charge in [-0.05, 0) is 24.3 Å². The number of benzene rings is 2. The van der Waals surface area contributed by atoms with Crippen LogP contribution in [0, 0.1) is 0 Å². The van der Waals surface area contributed by atoms with E-state index in [4.69, 9.17) is 14.0 Å². The van der Waals surface area contributed by atoms with Crippen LogP contribution < -0.4 is 20.1 Å². The van der Waals surface area contributed by atoms with Crippen molar-refractivity contribution < 1.29 is 23.6 Å². The second-order valence-electron chi connectivity index (χ2n) is 7.19. The molecule has 10 nitrogen and oxygen atoms in total. The SMILES string of the molecule is CNC(=O)c1cccc(-c2noc(C3CN(C(=O)Nc4cccc(OC)c4OC)C3)n2)c1. The first-order valence-corrected chi connectivity index (χ1v) is 9.97. The Morgan fingerprint density at radius 1 is 1.12 bits per heavy atom. The topological polar surface area (TPSA) is 119 Å². The van der Waals surface area contributed by atoms with Gasteiger partial charge in [-0.3, -0.25) is 4.79 Å². The first kappa shape index (κ1) is 21.2. The minimum Gasteiger partial charge on any atom is -0.493 e. The molecular weight excluding hydrogens is 414 g/mol. The van der Waals surface area contributed by atoms with Crippen LogP contribution in [-0.2, 0) is 0 Å². The summed E-state index contributed by atoms with van der Waals surface area (Å²) in [6.07, 6.45) is 0. The zero-order valence-electron chi connectivity index (χ0n) is 17.9. The van der Waals surface area contributed by atoms with Crippen molar-refractivity contribution in [1.29, 1.82) is 0 Å². The molecule has 1 fully saturated rings. The standard InChI is InChI=1S/C22H23N5O5/c1-23-20(28)14-7-4-6-13(10-14)19-25-21(32-26-19)15-11-27(12-15)22(29)24-16-8-5-9-17(30-2)18(16)31-3/h4-10,15H,11-12H2,1-3H3,(H,23,28)(H,24,29). The summed E-state index contributed by atoms with van der Waals surface area (Å²) in [5.74, 6) is 1.59. The van der Waals surface area contributed by atoms with E-state index in [0.29, 0.717) is 53.1 Å². The average molecular weight is 437 g/mol. The number of hydrogen-bond donors (Lipinski definition) is 2. The number of nitrogens with one attached hydrogen (secondary N) is 2. The maximum absolute atomic E-state index is 12.6. The van der Waals surface area contributed by atoms with E-state index in [9.17, 15) is 9.59 Å². The maximum atomic E-state index is 12.6. The Kier molecular flexibility index (Phi) is 5.93. The number of para-hydroxylation sites is 1. The molecule has 0 spiro atoms. The highest BCUT2D eigenvalue weighted by Gasteiger charge is 2.36. The summed E-state index contributed by atoms with van der Waals surface area (Å²) in [4.78, 5) is 30.5. The molecule has 1 aliphatic rings. The third-order valence-electron chi connectivity index (χ3n) is 5.21. The molecule has 1 aromatic heterocycles. The Balaban J connectivity index is 1.39. The van der Waals surface area contributed by atoms with Gasteiger partial charge in [0.2, 0.25) is 11.7 Å². The number of ether oxygens (including phenoxy) is 2. The first-order valence-electron chi connectivity index (χ1n) is 9.97. The predicted molar refractivity (Wildman–Crippen MR) is 116 cm³/mol. The van der Waals surface area contributed by atoms with Crippen molar-refractivity contribution in [1.82, 2.24) is 20.4 Å². The van der Waals surface area contributed by atoms with E-state index in [0.717, 1.165) is 0 Å². The number of anilines is 1. The van der Waals surface area contributed by atoms with E-state index in [1.54, 1.807) is 48.3 Å². The smallest absolute Gasteiger partial charge is 0.321 e. The average Bonchev–Trinajstić information content (AvgIpc) is 3.27. The molecule has 10 heteroatoms. The molecule has 0 radical (unpaired) electrons. The molecule has 4 rings (SSSR count). The summed E-state index contributed by atoms with van der Waals surface area (Å²) in [5, 5.41) is 9.46. The van der Waals surface area contributed by atoms with Crippen LogP contribution in [0.2, 0.25) is 0 Å². The second-order valence-corrected chi connectivity index (χ2v) is 7.19. The van der Waals surface area contributed by atoms with Crippen molar-refractivity contribution >= 4 is 17.6 Å². The van der Waals surface area contributed by atoms with E-state index in [2.05, 4.69) is 20.8 Å². The van der Waals surface area contributed by atoms with E-state index in [-0.39, 0.29) is 17.9 Å². The lowest BCUT2D eigenvalue weighted by Crippen LogP contribution is -2.50. The van der Waals surface area contributed by atoms with E-state index >= 15 is 0 Å². The number of aromatic nitrogens is 2. The van der Waals surface area contributed by atoms with Gasteiger partial charge in [-0.15, -0.1) is 0 Å². The van der Waals surface area contributed by atoms with Crippen molar-refractivity contribution in [3.63, 3.8) is 0 Å². The predicted octanol–water partition coefficient (Wildman–Crippen LogP) is 2.74. The Bertz CT molecular complexity index is 1140. The molecular formula is C22H23N5O5. The molecule has 32 heavy (non-hydrogen) atoms. The van der Waals surface area contributed by atoms with Gasteiger partial charge in [-0.1, -0.05) is 23.4 Å². The molecule has 0 aliphatic carbocycles. The summed E-state index contributed by atoms with van der Waals surface area (Å²) >= 11 is 0. The first-order chi connectivity index (χ1) is 15.5. The molecule has 0 atom stereocenters. The number of carbonyl (C=O) groups is 2. The molecule has 2 N–H and O–H groups in total. The van der Waals surface area contributed by atoms with E-state index < -0.39 is 0 Å². The van der Waals surface area contributed by atoms with Crippen molar-refractivity contribution in [3.05, 3.63) is 53.9 Å². The third-order valence-corrected chi connectivity index (χ3v) is 5.21. The molecule has 0 saturated carbocycles. The quantitative estimate of drug-likeness (QED) is 0.609. The van der Waals surface area contributed by atoms with Gasteiger partial charge < -0.3 is 29.5 Å². The lowest BCUT2D eigenvalue weighted by molar-refractivity contribution is 0.0963. The van der Waals surface area contributed by atoms with Crippen LogP contribution in [0.5, 0.6) is 11.5 Å². The molecule has 0 bridgehead atoms. The summed E-state index contributed by atoms with van der Waals surface area (Å²) < 4.78 is 16.0. The third kappa shape index (κ3) is 4.07. The van der Waals surface area contributed by atoms with Gasteiger partial charge in [0, 0.05) is 31.3 Å². The number of rotatable bonds is 6. The second kappa shape index (κ2) is 8.96. The van der Waals surface area contributed by atoms with Crippen LogP contribution >= 0.6 is 0 Å². The van der Waals surface area contributed by atoms with Crippen molar-refractivity contribution in [3.8, 4) is 22.9 Å². The zero-order chi connectivity index (χ0) is 22.7. The highest BCUT2D eigenvalue weighted by atomic mass is 16.5. The summed E-state index contributed by atoms with van der Waals surface area (Å²) in [6, 6.07) is 12.0. The lowest BCUT2D eigenvalue weighted by Gasteiger charge is -2.37. The van der Waals surface area contributed by atoms with Crippen molar-refractivity contribution in [2.24, 2.45) is 0 Å². The highest BCUT2D eigenvalue weighted by Crippen LogP contribution is 2.35. The maximum Gasteiger partial charge on any atom is 0.321 e. The fourth-order valence-electron chi connectivity index (χ4n) is 3.44. The van der Waals surface area contributed by atoms with Crippen LogP contribution in [0.15, 0.2) is 47.0 Å². The van der Waals surface area contributed by atoms with E-state index in [1.807, 2.05) is 6.07 Å². The van der Waals surface area contributed by atoms with Gasteiger partial charge in [-0.2, -0.15) is 4.98 Å². The minimum absolute atomic E-state index is 0.0590. The molecule has 2 heterocycles. The number of methoxy groups -OCH3 is 2. The van der Waals surface area contributed by atoms with Crippen molar-refractivity contribution in [2.45, 2.75) is 5.92 Å². The number of likely N-dealkylation sites (tertiary alicyclic amines) is 1. The van der Waals surface area contributed by atoms with Crippen LogP contribution in [0.1, 0.15) is 22.2 Å². The fraction of sp³-hybridized carbons (Fsp3) is 0.273. The molecule has 3 aromatic rings. The zero-order valence-corrected chi connectivity index (χ0v) is 17.9. The van der Waals surface area contributed by atoms with Gasteiger partial charge in [0.05, 0.1) is 25.8 Å². The fourth-order valence-corrected chi connectivity index (χ4v) is 3.44. The molecule has 166 valence electrons. The van der Waals surface area contributed by atoms with Crippen LogP contribution in [-0.4, -0.2) is 61.3 Å². The number of nitrogens with zero attached hydrogens (tertiary/aromatic N) is 3. The lowest BCUT2D eigenvalue weighted by atomic mass is 10.0. The molecule has 2 aromatic carbocycles. The summed E-state index contributed by atoms with van der Waals surface area (Å²) in [7, 11) is 4.63. The van der Waals surface area contributed by atoms with Gasteiger partial charge >= 0.3 is 6.03 Å². The monoisotopic (exact) mass is 437 g/mol. The van der Waals surface area contributed by atoms with Gasteiger partial charge in [0.25, 0.3) is 5.91 Å². The van der Waals surface area contributed by atoms with Crippen molar-refractivity contribution in [2.75, 3.05) is 39.7 Å². The van der Waals surface area contributed by atoms with Crippen LogP contribution in [0.3, 0.4) is 0 Å². The van der Waals surface area contributed by atoms with Crippen LogP contribution in [0.4, 0.5) is 10.5 Å². The number of amides is 3. The largest absolute Gasteiger partial charge is 0.493 e. The number of urea groups is 1. The highest BCUT2D eigenvalue weighted by molar-refractivity contribution is 5.95. The molecule has 0 unspecified atom stereocenters. The Morgan fingerprint density at radius 3 is 2.62 bits per heavy atom. The Labute approximate surface area is 184 Å². The summed E-state index contributed by atoms with van der Waals surface area (Å²) in [5.41, 5.74) is 1.72. The number of hydrogen-bond acceptors (Lipinski definition) is 7. The summed E-state index contributed by atoms with van der Waals surface area (Å²) in [6.45, 7) is 0.885. The van der Waals surface area contributed by atoms with Gasteiger partial charge in [0.15, 0.2) is 11.5 Å². The minimum atomic E-state index is -0.258. The molecule has 3 amide bonds. The Hall–Kier alpha value is -4.08. The normalized spacial score (nSPS) is 13.3. The van der Waals surface area contributed by atoms with Crippen LogP contribution in [0.25, 0.3) is 11.4 Å². The van der Waals surface area contributed by atoms with E-state index in [1.165, 1.54) is 14.2 Å². The van der Waals surface area contributed by atoms with Gasteiger partial charge in [-0.25, -0.2) is 4.79 Å². The molecule has 1 aliphatic heterocycles. The van der Waals surface area contributed by atoms with Gasteiger partial charge in [0.1, 0.15) is 0 Å².